The molecule has 0 saturated heterocycles. The number of rotatable bonds is 6. The van der Waals surface area contributed by atoms with Crippen LogP contribution in [0.2, 0.25) is 0 Å². The second-order valence-corrected chi connectivity index (χ2v) is 5.12. The van der Waals surface area contributed by atoms with Crippen LogP contribution in [-0.2, 0) is 20.7 Å². The maximum Gasteiger partial charge on any atom is 0.321 e. The summed E-state index contributed by atoms with van der Waals surface area (Å²) < 4.78 is 17.4. The molecular weight excluding hydrogens is 291 g/mol. The molecule has 6 nitrogen and oxygen atoms in total. The van der Waals surface area contributed by atoms with Crippen molar-refractivity contribution in [3.63, 3.8) is 0 Å². The number of carbonyl (C=O) groups excluding carboxylic acids is 3. The van der Waals surface area contributed by atoms with E-state index in [0.717, 1.165) is 0 Å². The molecule has 0 saturated carbocycles. The molecule has 0 aliphatic rings. The molecule has 2 N–H and O–H groups in total. The Balaban J connectivity index is 2.27. The maximum atomic E-state index is 12.7. The molecule has 0 heterocycles. The first-order chi connectivity index (χ1) is 10.4. The summed E-state index contributed by atoms with van der Waals surface area (Å²) in [5, 5.41) is 4.55. The van der Waals surface area contributed by atoms with Crippen molar-refractivity contribution < 1.29 is 23.5 Å². The summed E-state index contributed by atoms with van der Waals surface area (Å²) in [5.41, 5.74) is 0.571. The SMILES string of the molecule is CC(C)CNC(=O)NC(=O)COC(=O)Cc1ccc(F)cc1. The number of hydrogen-bond donors (Lipinski definition) is 2. The first-order valence-corrected chi connectivity index (χ1v) is 6.84. The quantitative estimate of drug-likeness (QED) is 0.778. The summed E-state index contributed by atoms with van der Waals surface area (Å²) in [7, 11) is 0. The Morgan fingerprint density at radius 1 is 1.18 bits per heavy atom. The molecule has 0 atom stereocenters. The third kappa shape index (κ3) is 7.37. The lowest BCUT2D eigenvalue weighted by molar-refractivity contribution is -0.147. The first-order valence-electron chi connectivity index (χ1n) is 6.84. The minimum Gasteiger partial charge on any atom is -0.455 e. The molecule has 0 unspecified atom stereocenters. The molecular formula is C15H19FN2O4. The molecule has 0 radical (unpaired) electrons. The van der Waals surface area contributed by atoms with Gasteiger partial charge in [-0.25, -0.2) is 9.18 Å². The van der Waals surface area contributed by atoms with Crippen molar-refractivity contribution in [2.75, 3.05) is 13.2 Å². The van der Waals surface area contributed by atoms with E-state index < -0.39 is 30.3 Å². The van der Waals surface area contributed by atoms with Crippen molar-refractivity contribution in [1.82, 2.24) is 10.6 Å². The van der Waals surface area contributed by atoms with Gasteiger partial charge < -0.3 is 10.1 Å². The number of urea groups is 1. The molecule has 1 aromatic rings. The van der Waals surface area contributed by atoms with E-state index in [4.69, 9.17) is 4.74 Å². The highest BCUT2D eigenvalue weighted by molar-refractivity contribution is 5.95. The van der Waals surface area contributed by atoms with Gasteiger partial charge in [0, 0.05) is 6.54 Å². The summed E-state index contributed by atoms with van der Waals surface area (Å²) in [5.74, 6) is -1.49. The molecule has 1 rings (SSSR count). The van der Waals surface area contributed by atoms with Gasteiger partial charge in [0.25, 0.3) is 5.91 Å². The zero-order chi connectivity index (χ0) is 16.5. The Kier molecular flexibility index (Phi) is 7.01. The molecule has 0 bridgehead atoms. The van der Waals surface area contributed by atoms with Gasteiger partial charge in [0.2, 0.25) is 0 Å². The van der Waals surface area contributed by atoms with Crippen LogP contribution in [0.3, 0.4) is 0 Å². The van der Waals surface area contributed by atoms with Crippen LogP contribution < -0.4 is 10.6 Å². The van der Waals surface area contributed by atoms with Crippen molar-refractivity contribution in [2.45, 2.75) is 20.3 Å². The van der Waals surface area contributed by atoms with E-state index in [2.05, 4.69) is 5.32 Å². The maximum absolute atomic E-state index is 12.7. The fourth-order valence-electron chi connectivity index (χ4n) is 1.47. The number of hydrogen-bond acceptors (Lipinski definition) is 4. The Bertz CT molecular complexity index is 529. The Hall–Kier alpha value is -2.44. The van der Waals surface area contributed by atoms with Gasteiger partial charge in [0.05, 0.1) is 6.42 Å². The monoisotopic (exact) mass is 310 g/mol. The third-order valence-electron chi connectivity index (χ3n) is 2.55. The van der Waals surface area contributed by atoms with E-state index in [1.165, 1.54) is 24.3 Å². The number of amides is 3. The van der Waals surface area contributed by atoms with Gasteiger partial charge in [-0.05, 0) is 23.6 Å². The van der Waals surface area contributed by atoms with Crippen LogP contribution in [0.5, 0.6) is 0 Å². The van der Waals surface area contributed by atoms with Crippen molar-refractivity contribution >= 4 is 17.9 Å². The van der Waals surface area contributed by atoms with Crippen molar-refractivity contribution in [2.24, 2.45) is 5.92 Å². The number of esters is 1. The number of nitrogens with one attached hydrogen (secondary N) is 2. The second kappa shape index (κ2) is 8.76. The molecule has 120 valence electrons. The molecule has 7 heteroatoms. The Morgan fingerprint density at radius 3 is 2.41 bits per heavy atom. The van der Waals surface area contributed by atoms with Crippen LogP contribution in [0.25, 0.3) is 0 Å². The van der Waals surface area contributed by atoms with Gasteiger partial charge in [-0.15, -0.1) is 0 Å². The Morgan fingerprint density at radius 2 is 1.82 bits per heavy atom. The lowest BCUT2D eigenvalue weighted by Gasteiger charge is -2.09. The van der Waals surface area contributed by atoms with Crippen LogP contribution in [0.1, 0.15) is 19.4 Å². The van der Waals surface area contributed by atoms with Gasteiger partial charge in [-0.2, -0.15) is 0 Å². The van der Waals surface area contributed by atoms with Crippen LogP contribution in [0, 0.1) is 11.7 Å². The largest absolute Gasteiger partial charge is 0.455 e. The lowest BCUT2D eigenvalue weighted by Crippen LogP contribution is -2.42. The van der Waals surface area contributed by atoms with E-state index in [9.17, 15) is 18.8 Å². The van der Waals surface area contributed by atoms with E-state index in [-0.39, 0.29) is 12.3 Å². The van der Waals surface area contributed by atoms with Crippen LogP contribution in [0.4, 0.5) is 9.18 Å². The summed E-state index contributed by atoms with van der Waals surface area (Å²) >= 11 is 0. The first kappa shape index (κ1) is 17.6. The summed E-state index contributed by atoms with van der Waals surface area (Å²) in [6.45, 7) is 3.72. The van der Waals surface area contributed by atoms with E-state index in [0.29, 0.717) is 12.1 Å². The summed E-state index contributed by atoms with van der Waals surface area (Å²) in [6.07, 6.45) is -0.0763. The molecule has 0 aromatic heterocycles. The third-order valence-corrected chi connectivity index (χ3v) is 2.55. The normalized spacial score (nSPS) is 10.2. The number of ether oxygens (including phenoxy) is 1. The van der Waals surface area contributed by atoms with Crippen LogP contribution in [-0.4, -0.2) is 31.1 Å². The minimum atomic E-state index is -0.714. The van der Waals surface area contributed by atoms with Crippen molar-refractivity contribution in [3.05, 3.63) is 35.6 Å². The molecule has 22 heavy (non-hydrogen) atoms. The molecule has 0 spiro atoms. The summed E-state index contributed by atoms with van der Waals surface area (Å²) in [4.78, 5) is 34.2. The van der Waals surface area contributed by atoms with Crippen LogP contribution >= 0.6 is 0 Å². The predicted molar refractivity (Wildman–Crippen MR) is 77.4 cm³/mol. The van der Waals surface area contributed by atoms with Gasteiger partial charge in [-0.1, -0.05) is 26.0 Å². The molecule has 0 aliphatic heterocycles. The summed E-state index contributed by atoms with van der Waals surface area (Å²) in [6, 6.07) is 4.74. The fourth-order valence-corrected chi connectivity index (χ4v) is 1.47. The standard InChI is InChI=1S/C15H19FN2O4/c1-10(2)8-17-15(21)18-13(19)9-22-14(20)7-11-3-5-12(16)6-4-11/h3-6,10H,7-9H2,1-2H3,(H2,17,18,19,21). The van der Waals surface area contributed by atoms with Gasteiger partial charge in [0.15, 0.2) is 6.61 Å². The highest BCUT2D eigenvalue weighted by Crippen LogP contribution is 2.04. The van der Waals surface area contributed by atoms with Crippen molar-refractivity contribution in [3.8, 4) is 0 Å². The van der Waals surface area contributed by atoms with Gasteiger partial charge in [0.1, 0.15) is 5.82 Å². The number of imide groups is 1. The minimum absolute atomic E-state index is 0.0763. The molecule has 0 fully saturated rings. The topological polar surface area (TPSA) is 84.5 Å². The average Bonchev–Trinajstić information content (AvgIpc) is 2.45. The average molecular weight is 310 g/mol. The zero-order valence-corrected chi connectivity index (χ0v) is 12.5. The highest BCUT2D eigenvalue weighted by atomic mass is 19.1. The predicted octanol–water partition coefficient (Wildman–Crippen LogP) is 1.39. The fraction of sp³-hybridized carbons (Fsp3) is 0.400. The van der Waals surface area contributed by atoms with Gasteiger partial charge in [-0.3, -0.25) is 14.9 Å². The lowest BCUT2D eigenvalue weighted by atomic mass is 10.1. The Labute approximate surface area is 128 Å². The van der Waals surface area contributed by atoms with E-state index in [1.807, 2.05) is 19.2 Å². The zero-order valence-electron chi connectivity index (χ0n) is 12.5. The van der Waals surface area contributed by atoms with Gasteiger partial charge >= 0.3 is 12.0 Å². The van der Waals surface area contributed by atoms with Crippen molar-refractivity contribution in [1.29, 1.82) is 0 Å². The smallest absolute Gasteiger partial charge is 0.321 e. The number of carbonyl (C=O) groups is 3. The molecule has 0 aliphatic carbocycles. The second-order valence-electron chi connectivity index (χ2n) is 5.12. The number of halogens is 1. The van der Waals surface area contributed by atoms with E-state index in [1.54, 1.807) is 0 Å². The molecule has 1 aromatic carbocycles. The highest BCUT2D eigenvalue weighted by Gasteiger charge is 2.11. The number of benzene rings is 1. The van der Waals surface area contributed by atoms with Crippen LogP contribution in [0.15, 0.2) is 24.3 Å². The van der Waals surface area contributed by atoms with E-state index >= 15 is 0 Å². The molecule has 3 amide bonds.